The Kier molecular flexibility index (Phi) is 3.38. The number of rotatable bonds is 4. The third-order valence-corrected chi connectivity index (χ3v) is 2.28. The van der Waals surface area contributed by atoms with Gasteiger partial charge in [-0.3, -0.25) is 9.78 Å². The van der Waals surface area contributed by atoms with Gasteiger partial charge >= 0.3 is 5.97 Å². The van der Waals surface area contributed by atoms with Crippen LogP contribution >= 0.6 is 0 Å². The molecule has 6 nitrogen and oxygen atoms in total. The van der Waals surface area contributed by atoms with Gasteiger partial charge < -0.3 is 15.4 Å². The predicted molar refractivity (Wildman–Crippen MR) is 65.6 cm³/mol. The first-order valence-corrected chi connectivity index (χ1v) is 5.26. The Morgan fingerprint density at radius 3 is 2.89 bits per heavy atom. The molecule has 0 fully saturated rings. The van der Waals surface area contributed by atoms with E-state index in [1.54, 1.807) is 12.3 Å². The first kappa shape index (κ1) is 11.8. The molecular weight excluding hydrogens is 234 g/mol. The van der Waals surface area contributed by atoms with Crippen LogP contribution in [0.2, 0.25) is 0 Å². The van der Waals surface area contributed by atoms with Gasteiger partial charge in [0.15, 0.2) is 0 Å². The Bertz CT molecular complexity index is 607. The fourth-order valence-corrected chi connectivity index (χ4v) is 1.45. The lowest BCUT2D eigenvalue weighted by Gasteiger charge is -2.06. The molecular formula is C12H11N3O3. The molecule has 2 aromatic rings. The molecule has 2 heterocycles. The van der Waals surface area contributed by atoms with Crippen LogP contribution in [0.15, 0.2) is 41.3 Å². The van der Waals surface area contributed by atoms with Crippen molar-refractivity contribution in [3.63, 3.8) is 0 Å². The van der Waals surface area contributed by atoms with E-state index in [1.807, 2.05) is 12.1 Å². The van der Waals surface area contributed by atoms with Gasteiger partial charge in [0.1, 0.15) is 5.82 Å². The van der Waals surface area contributed by atoms with Crippen molar-refractivity contribution in [3.8, 4) is 0 Å². The van der Waals surface area contributed by atoms with Crippen molar-refractivity contribution in [2.45, 2.75) is 6.54 Å². The van der Waals surface area contributed by atoms with Crippen LogP contribution in [0.4, 0.5) is 5.82 Å². The van der Waals surface area contributed by atoms with Gasteiger partial charge in [0, 0.05) is 12.3 Å². The van der Waals surface area contributed by atoms with Gasteiger partial charge in [-0.25, -0.2) is 4.79 Å². The second kappa shape index (κ2) is 5.13. The number of hydrogen-bond donors (Lipinski definition) is 3. The maximum atomic E-state index is 11.3. The summed E-state index contributed by atoms with van der Waals surface area (Å²) in [6.07, 6.45) is 1.66. The molecule has 0 unspecified atom stereocenters. The molecule has 0 aliphatic carbocycles. The van der Waals surface area contributed by atoms with Crippen molar-refractivity contribution in [2.24, 2.45) is 0 Å². The zero-order valence-electron chi connectivity index (χ0n) is 9.38. The van der Waals surface area contributed by atoms with E-state index >= 15 is 0 Å². The Labute approximate surface area is 102 Å². The molecule has 6 heteroatoms. The number of carboxylic acid groups (broad SMARTS) is 1. The van der Waals surface area contributed by atoms with Crippen LogP contribution in [-0.2, 0) is 6.54 Å². The number of hydrogen-bond acceptors (Lipinski definition) is 4. The molecule has 0 amide bonds. The summed E-state index contributed by atoms with van der Waals surface area (Å²) >= 11 is 0. The number of aromatic amines is 1. The summed E-state index contributed by atoms with van der Waals surface area (Å²) in [4.78, 5) is 28.7. The summed E-state index contributed by atoms with van der Waals surface area (Å²) in [5.41, 5.74) is 0.278. The molecule has 0 aliphatic rings. The molecule has 2 aromatic heterocycles. The summed E-state index contributed by atoms with van der Waals surface area (Å²) in [6.45, 7) is 0.403. The van der Waals surface area contributed by atoms with Crippen LogP contribution in [0, 0.1) is 0 Å². The number of pyridine rings is 2. The average molecular weight is 245 g/mol. The molecule has 18 heavy (non-hydrogen) atoms. The van der Waals surface area contributed by atoms with Gasteiger partial charge in [0.05, 0.1) is 17.8 Å². The molecule has 0 atom stereocenters. The highest BCUT2D eigenvalue weighted by Crippen LogP contribution is 2.05. The fraction of sp³-hybridized carbons (Fsp3) is 0.0833. The molecule has 0 aromatic carbocycles. The molecule has 2 rings (SSSR count). The maximum Gasteiger partial charge on any atom is 0.336 e. The number of carbonyl (C=O) groups is 1. The summed E-state index contributed by atoms with van der Waals surface area (Å²) in [5.74, 6) is -0.785. The van der Waals surface area contributed by atoms with Crippen molar-refractivity contribution in [1.82, 2.24) is 9.97 Å². The molecule has 0 saturated carbocycles. The van der Waals surface area contributed by atoms with E-state index < -0.39 is 11.5 Å². The molecule has 92 valence electrons. The van der Waals surface area contributed by atoms with Crippen molar-refractivity contribution in [1.29, 1.82) is 0 Å². The Hall–Kier alpha value is -2.63. The summed E-state index contributed by atoms with van der Waals surface area (Å²) in [7, 11) is 0. The van der Waals surface area contributed by atoms with E-state index in [-0.39, 0.29) is 5.56 Å². The number of aromatic carboxylic acids is 1. The lowest BCUT2D eigenvalue weighted by atomic mass is 10.2. The number of aromatic nitrogens is 2. The molecule has 0 saturated heterocycles. The average Bonchev–Trinajstić information content (AvgIpc) is 2.37. The Morgan fingerprint density at radius 2 is 2.22 bits per heavy atom. The minimum atomic E-state index is -1.14. The van der Waals surface area contributed by atoms with Gasteiger partial charge in [0.25, 0.3) is 0 Å². The van der Waals surface area contributed by atoms with E-state index in [0.29, 0.717) is 12.4 Å². The summed E-state index contributed by atoms with van der Waals surface area (Å²) < 4.78 is 0. The summed E-state index contributed by atoms with van der Waals surface area (Å²) in [5, 5.41) is 11.7. The maximum absolute atomic E-state index is 11.3. The van der Waals surface area contributed by atoms with Crippen LogP contribution in [0.25, 0.3) is 0 Å². The summed E-state index contributed by atoms with van der Waals surface area (Å²) in [6, 6.07) is 7.88. The van der Waals surface area contributed by atoms with Crippen LogP contribution in [0.1, 0.15) is 16.1 Å². The standard InChI is InChI=1S/C12H11N3O3/c16-11-6-8(12(17)18)5-10(15-11)14-7-9-3-1-2-4-13-9/h1-6H,7H2,(H,17,18)(H2,14,15,16). The number of nitrogens with one attached hydrogen (secondary N) is 2. The Morgan fingerprint density at radius 1 is 1.39 bits per heavy atom. The van der Waals surface area contributed by atoms with Crippen LogP contribution in [0.5, 0.6) is 0 Å². The lowest BCUT2D eigenvalue weighted by Crippen LogP contribution is -2.13. The number of anilines is 1. The molecule has 0 radical (unpaired) electrons. The minimum Gasteiger partial charge on any atom is -0.478 e. The van der Waals surface area contributed by atoms with E-state index in [0.717, 1.165) is 11.8 Å². The normalized spacial score (nSPS) is 10.0. The number of carboxylic acids is 1. The second-order valence-corrected chi connectivity index (χ2v) is 3.63. The van der Waals surface area contributed by atoms with Gasteiger partial charge in [0.2, 0.25) is 5.56 Å². The third-order valence-electron chi connectivity index (χ3n) is 2.28. The predicted octanol–water partition coefficient (Wildman–Crippen LogP) is 1.08. The van der Waals surface area contributed by atoms with Gasteiger partial charge in [-0.1, -0.05) is 6.07 Å². The highest BCUT2D eigenvalue weighted by Gasteiger charge is 2.05. The SMILES string of the molecule is O=C(O)c1cc(NCc2ccccn2)[nH]c(=O)c1. The molecule has 0 bridgehead atoms. The van der Waals surface area contributed by atoms with Crippen molar-refractivity contribution in [3.05, 3.63) is 58.1 Å². The van der Waals surface area contributed by atoms with Crippen LogP contribution in [-0.4, -0.2) is 21.0 Å². The highest BCUT2D eigenvalue weighted by atomic mass is 16.4. The van der Waals surface area contributed by atoms with Crippen molar-refractivity contribution < 1.29 is 9.90 Å². The van der Waals surface area contributed by atoms with E-state index in [2.05, 4.69) is 15.3 Å². The third kappa shape index (κ3) is 2.94. The lowest BCUT2D eigenvalue weighted by molar-refractivity contribution is 0.0696. The zero-order valence-corrected chi connectivity index (χ0v) is 9.38. The van der Waals surface area contributed by atoms with Crippen LogP contribution in [0.3, 0.4) is 0 Å². The highest BCUT2D eigenvalue weighted by molar-refractivity contribution is 5.88. The minimum absolute atomic E-state index is 0.0535. The first-order valence-electron chi connectivity index (χ1n) is 5.26. The topological polar surface area (TPSA) is 95.1 Å². The largest absolute Gasteiger partial charge is 0.478 e. The fourth-order valence-electron chi connectivity index (χ4n) is 1.45. The monoisotopic (exact) mass is 245 g/mol. The van der Waals surface area contributed by atoms with E-state index in [9.17, 15) is 9.59 Å². The molecule has 3 N–H and O–H groups in total. The van der Waals surface area contributed by atoms with E-state index in [1.165, 1.54) is 6.07 Å². The van der Waals surface area contributed by atoms with Gasteiger partial charge in [-0.05, 0) is 18.2 Å². The van der Waals surface area contributed by atoms with Gasteiger partial charge in [-0.2, -0.15) is 0 Å². The molecule has 0 spiro atoms. The Balaban J connectivity index is 2.15. The smallest absolute Gasteiger partial charge is 0.336 e. The molecule has 0 aliphatic heterocycles. The number of H-pyrrole nitrogens is 1. The van der Waals surface area contributed by atoms with E-state index in [4.69, 9.17) is 5.11 Å². The second-order valence-electron chi connectivity index (χ2n) is 3.63. The number of nitrogens with zero attached hydrogens (tertiary/aromatic N) is 1. The van der Waals surface area contributed by atoms with Gasteiger partial charge in [-0.15, -0.1) is 0 Å². The zero-order chi connectivity index (χ0) is 13.0. The first-order chi connectivity index (χ1) is 8.65. The van der Waals surface area contributed by atoms with Crippen molar-refractivity contribution >= 4 is 11.8 Å². The van der Waals surface area contributed by atoms with Crippen molar-refractivity contribution in [2.75, 3.05) is 5.32 Å². The van der Waals surface area contributed by atoms with Crippen LogP contribution < -0.4 is 10.9 Å². The quantitative estimate of drug-likeness (QED) is 0.749.